The molecule has 1 aliphatic heterocycles. The number of hydrogen-bond donors (Lipinski definition) is 0. The van der Waals surface area contributed by atoms with E-state index in [1.165, 1.54) is 16.7 Å². The zero-order valence-electron chi connectivity index (χ0n) is 19.8. The third kappa shape index (κ3) is 6.31. The number of amides is 1. The number of carbonyl (C=O) groups is 1. The summed E-state index contributed by atoms with van der Waals surface area (Å²) in [5, 5.41) is 0. The quantitative estimate of drug-likeness (QED) is 0.536. The van der Waals surface area contributed by atoms with E-state index in [0.717, 1.165) is 25.4 Å². The number of hydrogen-bond acceptors (Lipinski definition) is 5. The summed E-state index contributed by atoms with van der Waals surface area (Å²) in [6, 6.07) is 17.0. The second-order valence-electron chi connectivity index (χ2n) is 8.55. The summed E-state index contributed by atoms with van der Waals surface area (Å²) < 4.78 is 16.1. The molecular formula is C26H36N2O4. The molecule has 0 radical (unpaired) electrons. The highest BCUT2D eigenvalue weighted by Gasteiger charge is 2.37. The van der Waals surface area contributed by atoms with Crippen molar-refractivity contribution in [3.05, 3.63) is 65.2 Å². The summed E-state index contributed by atoms with van der Waals surface area (Å²) in [4.78, 5) is 17.1. The molecule has 0 bridgehead atoms. The van der Waals surface area contributed by atoms with E-state index in [0.29, 0.717) is 19.7 Å². The Hall–Kier alpha value is -2.41. The maximum Gasteiger partial charge on any atom is 0.248 e. The van der Waals surface area contributed by atoms with Crippen molar-refractivity contribution < 1.29 is 19.0 Å². The van der Waals surface area contributed by atoms with Gasteiger partial charge in [-0.25, -0.2) is 0 Å². The minimum absolute atomic E-state index is 0.000288. The lowest BCUT2D eigenvalue weighted by molar-refractivity contribution is -0.136. The number of para-hydroxylation sites is 1. The molecule has 1 fully saturated rings. The number of ether oxygens (including phenoxy) is 3. The second kappa shape index (κ2) is 12.0. The Morgan fingerprint density at radius 1 is 1.03 bits per heavy atom. The first kappa shape index (κ1) is 24.2. The Kier molecular flexibility index (Phi) is 9.09. The molecule has 0 saturated carbocycles. The SMILES string of the molecule is COCCN(C[C@@H]1CN(Cc2ccc(C)cc2)C[C@H]1c1ccccc1OC)C(=O)COC. The molecule has 2 aromatic rings. The maximum absolute atomic E-state index is 12.7. The summed E-state index contributed by atoms with van der Waals surface area (Å²) >= 11 is 0. The van der Waals surface area contributed by atoms with Crippen molar-refractivity contribution in [2.75, 3.05) is 60.7 Å². The van der Waals surface area contributed by atoms with Crippen LogP contribution in [0, 0.1) is 12.8 Å². The van der Waals surface area contributed by atoms with Crippen LogP contribution in [0.2, 0.25) is 0 Å². The van der Waals surface area contributed by atoms with Gasteiger partial charge in [0.1, 0.15) is 12.4 Å². The van der Waals surface area contributed by atoms with E-state index in [-0.39, 0.29) is 24.3 Å². The zero-order valence-corrected chi connectivity index (χ0v) is 19.8. The Labute approximate surface area is 192 Å². The molecule has 0 unspecified atom stereocenters. The van der Waals surface area contributed by atoms with Crippen LogP contribution in [0.4, 0.5) is 0 Å². The van der Waals surface area contributed by atoms with Crippen molar-refractivity contribution in [1.29, 1.82) is 0 Å². The summed E-state index contributed by atoms with van der Waals surface area (Å²) in [5.41, 5.74) is 3.78. The van der Waals surface area contributed by atoms with E-state index in [9.17, 15) is 4.79 Å². The monoisotopic (exact) mass is 440 g/mol. The molecule has 1 aliphatic rings. The van der Waals surface area contributed by atoms with Crippen LogP contribution in [0.1, 0.15) is 22.6 Å². The summed E-state index contributed by atoms with van der Waals surface area (Å²) in [5.74, 6) is 1.47. The topological polar surface area (TPSA) is 51.2 Å². The molecule has 1 heterocycles. The lowest BCUT2D eigenvalue weighted by Gasteiger charge is -2.29. The average molecular weight is 441 g/mol. The van der Waals surface area contributed by atoms with Crippen molar-refractivity contribution >= 4 is 5.91 Å². The standard InChI is InChI=1S/C26H36N2O4/c1-20-9-11-21(12-10-20)15-27-16-22(17-28(13-14-30-2)26(29)19-31-3)24(18-27)23-7-5-6-8-25(23)32-4/h5-12,22,24H,13-19H2,1-4H3/t22-,24+/m0/s1. The molecule has 0 N–H and O–H groups in total. The van der Waals surface area contributed by atoms with Gasteiger partial charge in [-0.2, -0.15) is 0 Å². The lowest BCUT2D eigenvalue weighted by Crippen LogP contribution is -2.41. The van der Waals surface area contributed by atoms with E-state index in [2.05, 4.69) is 48.2 Å². The van der Waals surface area contributed by atoms with Crippen LogP contribution >= 0.6 is 0 Å². The van der Waals surface area contributed by atoms with Crippen LogP contribution in [0.15, 0.2) is 48.5 Å². The lowest BCUT2D eigenvalue weighted by atomic mass is 9.88. The number of nitrogens with zero attached hydrogens (tertiary/aromatic N) is 2. The summed E-state index contributed by atoms with van der Waals surface area (Å²) in [6.45, 7) is 6.67. The van der Waals surface area contributed by atoms with Gasteiger partial charge in [0, 0.05) is 52.9 Å². The highest BCUT2D eigenvalue weighted by Crippen LogP contribution is 2.38. The third-order valence-corrected chi connectivity index (χ3v) is 6.22. The number of carbonyl (C=O) groups excluding carboxylic acids is 1. The van der Waals surface area contributed by atoms with Crippen molar-refractivity contribution in [3.8, 4) is 5.75 Å². The van der Waals surface area contributed by atoms with Gasteiger partial charge in [-0.1, -0.05) is 48.0 Å². The van der Waals surface area contributed by atoms with Crippen molar-refractivity contribution in [1.82, 2.24) is 9.80 Å². The summed E-state index contributed by atoms with van der Waals surface area (Å²) in [7, 11) is 4.94. The van der Waals surface area contributed by atoms with E-state index in [1.54, 1.807) is 21.3 Å². The van der Waals surface area contributed by atoms with E-state index < -0.39 is 0 Å². The van der Waals surface area contributed by atoms with Crippen LogP contribution in [-0.2, 0) is 20.8 Å². The van der Waals surface area contributed by atoms with Gasteiger partial charge < -0.3 is 19.1 Å². The van der Waals surface area contributed by atoms with Gasteiger partial charge in [-0.15, -0.1) is 0 Å². The second-order valence-corrected chi connectivity index (χ2v) is 8.55. The van der Waals surface area contributed by atoms with E-state index in [1.807, 2.05) is 17.0 Å². The molecule has 0 aliphatic carbocycles. The molecule has 6 heteroatoms. The fraction of sp³-hybridized carbons (Fsp3) is 0.500. The molecule has 0 spiro atoms. The first-order chi connectivity index (χ1) is 15.5. The van der Waals surface area contributed by atoms with Crippen LogP contribution in [-0.4, -0.2) is 76.4 Å². The van der Waals surface area contributed by atoms with Crippen molar-refractivity contribution in [2.45, 2.75) is 19.4 Å². The average Bonchev–Trinajstić information content (AvgIpc) is 3.20. The Bertz CT molecular complexity index is 855. The Morgan fingerprint density at radius 3 is 2.47 bits per heavy atom. The van der Waals surface area contributed by atoms with Gasteiger partial charge in [0.2, 0.25) is 5.91 Å². The normalized spacial score (nSPS) is 18.6. The maximum atomic E-state index is 12.7. The number of methoxy groups -OCH3 is 3. The van der Waals surface area contributed by atoms with Crippen LogP contribution in [0.25, 0.3) is 0 Å². The first-order valence-corrected chi connectivity index (χ1v) is 11.2. The van der Waals surface area contributed by atoms with Gasteiger partial charge in [0.25, 0.3) is 0 Å². The highest BCUT2D eigenvalue weighted by atomic mass is 16.5. The van der Waals surface area contributed by atoms with Gasteiger partial charge in [0.05, 0.1) is 13.7 Å². The van der Waals surface area contributed by atoms with Gasteiger partial charge in [-0.05, 0) is 30.0 Å². The molecule has 1 saturated heterocycles. The molecule has 3 rings (SSSR count). The first-order valence-electron chi connectivity index (χ1n) is 11.2. The Balaban J connectivity index is 1.83. The van der Waals surface area contributed by atoms with Gasteiger partial charge in [0.15, 0.2) is 0 Å². The molecule has 2 atom stereocenters. The third-order valence-electron chi connectivity index (χ3n) is 6.22. The highest BCUT2D eigenvalue weighted by molar-refractivity contribution is 5.77. The predicted octanol–water partition coefficient (Wildman–Crippen LogP) is 3.34. The minimum atomic E-state index is 0.000288. The summed E-state index contributed by atoms with van der Waals surface area (Å²) in [6.07, 6.45) is 0. The molecule has 32 heavy (non-hydrogen) atoms. The smallest absolute Gasteiger partial charge is 0.248 e. The van der Waals surface area contributed by atoms with E-state index in [4.69, 9.17) is 14.2 Å². The predicted molar refractivity (Wildman–Crippen MR) is 126 cm³/mol. The number of rotatable bonds is 11. The van der Waals surface area contributed by atoms with Gasteiger partial charge in [-0.3, -0.25) is 9.69 Å². The van der Waals surface area contributed by atoms with Crippen LogP contribution in [0.5, 0.6) is 5.75 Å². The molecular weight excluding hydrogens is 404 g/mol. The molecule has 174 valence electrons. The molecule has 1 amide bonds. The Morgan fingerprint density at radius 2 is 1.78 bits per heavy atom. The fourth-order valence-corrected chi connectivity index (χ4v) is 4.57. The molecule has 6 nitrogen and oxygen atoms in total. The van der Waals surface area contributed by atoms with Gasteiger partial charge >= 0.3 is 0 Å². The van der Waals surface area contributed by atoms with Crippen molar-refractivity contribution in [2.24, 2.45) is 5.92 Å². The zero-order chi connectivity index (χ0) is 22.9. The van der Waals surface area contributed by atoms with Crippen LogP contribution in [0.3, 0.4) is 0 Å². The number of likely N-dealkylation sites (tertiary alicyclic amines) is 1. The van der Waals surface area contributed by atoms with Crippen LogP contribution < -0.4 is 4.74 Å². The van der Waals surface area contributed by atoms with Crippen molar-refractivity contribution in [3.63, 3.8) is 0 Å². The fourth-order valence-electron chi connectivity index (χ4n) is 4.57. The molecule has 2 aromatic carbocycles. The number of aryl methyl sites for hydroxylation is 1. The minimum Gasteiger partial charge on any atom is -0.496 e. The molecule has 0 aromatic heterocycles. The number of benzene rings is 2. The largest absolute Gasteiger partial charge is 0.496 e. The van der Waals surface area contributed by atoms with E-state index >= 15 is 0 Å².